The summed E-state index contributed by atoms with van der Waals surface area (Å²) in [6, 6.07) is -0.645. The first-order valence-electron chi connectivity index (χ1n) is 5.04. The molecule has 1 atom stereocenters. The average molecular weight is 228 g/mol. The van der Waals surface area contributed by atoms with E-state index in [0.717, 1.165) is 0 Å². The molecule has 0 spiro atoms. The number of hydrogen-bond donors (Lipinski definition) is 1. The highest BCUT2D eigenvalue weighted by Gasteiger charge is 2.30. The molecule has 0 bridgehead atoms. The van der Waals surface area contributed by atoms with Crippen molar-refractivity contribution in [2.24, 2.45) is 0 Å². The molecule has 90 valence electrons. The lowest BCUT2D eigenvalue weighted by molar-refractivity contribution is -0.128. The molecule has 1 saturated heterocycles. The van der Waals surface area contributed by atoms with Gasteiger partial charge in [0.1, 0.15) is 24.5 Å². The number of hydrogen-bond acceptors (Lipinski definition) is 4. The molecule has 1 N–H and O–H groups in total. The molecule has 0 saturated carbocycles. The number of carbonyl (C=O) groups excluding carboxylic acids is 3. The van der Waals surface area contributed by atoms with E-state index in [4.69, 9.17) is 4.74 Å². The minimum absolute atomic E-state index is 0.0702. The molecule has 6 heteroatoms. The first-order valence-corrected chi connectivity index (χ1v) is 5.04. The maximum atomic E-state index is 11.6. The Hall–Kier alpha value is -1.59. The number of rotatable bonds is 1. The summed E-state index contributed by atoms with van der Waals surface area (Å²) < 4.78 is 5.11. The Kier molecular flexibility index (Phi) is 3.51. The van der Waals surface area contributed by atoms with Crippen LogP contribution >= 0.6 is 0 Å². The van der Waals surface area contributed by atoms with E-state index in [1.807, 2.05) is 0 Å². The van der Waals surface area contributed by atoms with E-state index in [0.29, 0.717) is 6.29 Å². The summed E-state index contributed by atoms with van der Waals surface area (Å²) in [5.74, 6) is -0.353. The van der Waals surface area contributed by atoms with E-state index in [2.05, 4.69) is 5.32 Å². The van der Waals surface area contributed by atoms with Crippen molar-refractivity contribution < 1.29 is 19.1 Å². The first kappa shape index (κ1) is 12.5. The van der Waals surface area contributed by atoms with Gasteiger partial charge in [-0.1, -0.05) is 0 Å². The highest BCUT2D eigenvalue weighted by Crippen LogP contribution is 2.11. The average Bonchev–Trinajstić information content (AvgIpc) is 2.14. The van der Waals surface area contributed by atoms with E-state index in [9.17, 15) is 14.4 Å². The fourth-order valence-corrected chi connectivity index (χ4v) is 1.32. The summed E-state index contributed by atoms with van der Waals surface area (Å²) >= 11 is 0. The molecule has 1 aliphatic heterocycles. The molecular weight excluding hydrogens is 212 g/mol. The Morgan fingerprint density at radius 2 is 2.19 bits per heavy atom. The topological polar surface area (TPSA) is 75.7 Å². The number of carbonyl (C=O) groups is 3. The zero-order chi connectivity index (χ0) is 12.3. The molecule has 0 aromatic heterocycles. The van der Waals surface area contributed by atoms with Crippen LogP contribution in [-0.4, -0.2) is 47.9 Å². The Labute approximate surface area is 93.9 Å². The molecule has 1 rings (SSSR count). The smallest absolute Gasteiger partial charge is 0.410 e. The molecule has 0 aromatic carbocycles. The van der Waals surface area contributed by atoms with Gasteiger partial charge in [-0.2, -0.15) is 0 Å². The van der Waals surface area contributed by atoms with Gasteiger partial charge in [0, 0.05) is 0 Å². The highest BCUT2D eigenvalue weighted by atomic mass is 16.6. The second-order valence-corrected chi connectivity index (χ2v) is 4.67. The maximum Gasteiger partial charge on any atom is 0.410 e. The zero-order valence-electron chi connectivity index (χ0n) is 9.65. The third-order valence-electron chi connectivity index (χ3n) is 1.91. The van der Waals surface area contributed by atoms with E-state index in [-0.39, 0.29) is 19.0 Å². The molecule has 1 aliphatic rings. The van der Waals surface area contributed by atoms with Crippen molar-refractivity contribution in [3.8, 4) is 0 Å². The zero-order valence-corrected chi connectivity index (χ0v) is 9.65. The molecule has 0 aromatic rings. The lowest BCUT2D eigenvalue weighted by Gasteiger charge is -2.32. The minimum atomic E-state index is -0.645. The van der Waals surface area contributed by atoms with Crippen molar-refractivity contribution in [2.75, 3.05) is 13.1 Å². The molecule has 6 nitrogen and oxygen atoms in total. The number of nitrogens with zero attached hydrogens (tertiary/aromatic N) is 1. The van der Waals surface area contributed by atoms with Crippen LogP contribution in [0.25, 0.3) is 0 Å². The van der Waals surface area contributed by atoms with Crippen LogP contribution in [0, 0.1) is 0 Å². The molecule has 0 aliphatic carbocycles. The maximum absolute atomic E-state index is 11.6. The third-order valence-corrected chi connectivity index (χ3v) is 1.91. The van der Waals surface area contributed by atoms with Gasteiger partial charge in [0.05, 0.1) is 6.54 Å². The van der Waals surface area contributed by atoms with Crippen molar-refractivity contribution in [2.45, 2.75) is 32.4 Å². The summed E-state index contributed by atoms with van der Waals surface area (Å²) in [4.78, 5) is 34.6. The summed E-state index contributed by atoms with van der Waals surface area (Å²) in [6.45, 7) is 5.31. The van der Waals surface area contributed by atoms with Gasteiger partial charge in [-0.05, 0) is 20.8 Å². The largest absolute Gasteiger partial charge is 0.444 e. The van der Waals surface area contributed by atoms with Crippen LogP contribution in [0.1, 0.15) is 20.8 Å². The van der Waals surface area contributed by atoms with Crippen molar-refractivity contribution >= 4 is 18.3 Å². The van der Waals surface area contributed by atoms with E-state index in [1.165, 1.54) is 4.90 Å². The summed E-state index contributed by atoms with van der Waals surface area (Å²) in [5.41, 5.74) is -0.609. The molecule has 1 unspecified atom stereocenters. The second kappa shape index (κ2) is 4.51. The van der Waals surface area contributed by atoms with Crippen LogP contribution in [0.4, 0.5) is 4.79 Å². The standard InChI is InChI=1S/C10H16N2O4/c1-10(2,3)16-9(15)12-4-7(6-13)11-8(14)5-12/h6-7H,4-5H2,1-3H3,(H,11,14). The Morgan fingerprint density at radius 3 is 2.69 bits per heavy atom. The predicted octanol–water partition coefficient (Wildman–Crippen LogP) is -0.0792. The molecule has 1 heterocycles. The Morgan fingerprint density at radius 1 is 1.56 bits per heavy atom. The van der Waals surface area contributed by atoms with Gasteiger partial charge in [-0.15, -0.1) is 0 Å². The van der Waals surface area contributed by atoms with Crippen molar-refractivity contribution in [1.29, 1.82) is 0 Å². The summed E-state index contributed by atoms with van der Waals surface area (Å²) in [5, 5.41) is 2.46. The van der Waals surface area contributed by atoms with Gasteiger partial charge in [-0.25, -0.2) is 4.79 Å². The number of ether oxygens (including phenoxy) is 1. The Balaban J connectivity index is 2.62. The van der Waals surface area contributed by atoms with Crippen LogP contribution in [0.3, 0.4) is 0 Å². The van der Waals surface area contributed by atoms with E-state index < -0.39 is 17.7 Å². The summed E-state index contributed by atoms with van der Waals surface area (Å²) in [6.07, 6.45) is 0.0308. The Bertz CT molecular complexity index is 308. The van der Waals surface area contributed by atoms with Crippen molar-refractivity contribution in [3.63, 3.8) is 0 Å². The highest BCUT2D eigenvalue weighted by molar-refractivity contribution is 5.86. The van der Waals surface area contributed by atoms with Gasteiger partial charge in [0.15, 0.2) is 0 Å². The molecule has 1 fully saturated rings. The van der Waals surface area contributed by atoms with Crippen LogP contribution in [-0.2, 0) is 14.3 Å². The van der Waals surface area contributed by atoms with Gasteiger partial charge in [0.25, 0.3) is 0 Å². The summed E-state index contributed by atoms with van der Waals surface area (Å²) in [7, 11) is 0. The molecular formula is C10H16N2O4. The second-order valence-electron chi connectivity index (χ2n) is 4.67. The van der Waals surface area contributed by atoms with Crippen LogP contribution in [0.5, 0.6) is 0 Å². The predicted molar refractivity (Wildman–Crippen MR) is 55.8 cm³/mol. The number of amides is 2. The van der Waals surface area contributed by atoms with Crippen molar-refractivity contribution in [3.05, 3.63) is 0 Å². The van der Waals surface area contributed by atoms with Gasteiger partial charge in [-0.3, -0.25) is 9.69 Å². The lowest BCUT2D eigenvalue weighted by atomic mass is 10.2. The fourth-order valence-electron chi connectivity index (χ4n) is 1.32. The lowest BCUT2D eigenvalue weighted by Crippen LogP contribution is -2.57. The monoisotopic (exact) mass is 228 g/mol. The minimum Gasteiger partial charge on any atom is -0.444 e. The van der Waals surface area contributed by atoms with E-state index in [1.54, 1.807) is 20.8 Å². The van der Waals surface area contributed by atoms with Gasteiger partial charge in [0.2, 0.25) is 5.91 Å². The van der Waals surface area contributed by atoms with Crippen LogP contribution in [0.15, 0.2) is 0 Å². The third kappa shape index (κ3) is 3.52. The SMILES string of the molecule is CC(C)(C)OC(=O)N1CC(=O)NC(C=O)C1. The molecule has 16 heavy (non-hydrogen) atoms. The van der Waals surface area contributed by atoms with E-state index >= 15 is 0 Å². The number of aldehydes is 1. The molecule has 0 radical (unpaired) electrons. The van der Waals surface area contributed by atoms with Crippen LogP contribution in [0.2, 0.25) is 0 Å². The fraction of sp³-hybridized carbons (Fsp3) is 0.700. The normalized spacial score (nSPS) is 21.3. The van der Waals surface area contributed by atoms with Gasteiger partial charge < -0.3 is 14.8 Å². The van der Waals surface area contributed by atoms with Gasteiger partial charge >= 0.3 is 6.09 Å². The molecule has 2 amide bonds. The number of nitrogens with one attached hydrogen (secondary N) is 1. The van der Waals surface area contributed by atoms with Crippen molar-refractivity contribution in [1.82, 2.24) is 10.2 Å². The quantitative estimate of drug-likeness (QED) is 0.637. The van der Waals surface area contributed by atoms with Crippen LogP contribution < -0.4 is 5.32 Å². The first-order chi connectivity index (χ1) is 7.31. The number of piperazine rings is 1.